The van der Waals surface area contributed by atoms with E-state index in [1.807, 2.05) is 33.3 Å². The van der Waals surface area contributed by atoms with Crippen LogP contribution in [0.2, 0.25) is 0 Å². The number of carbonyl (C=O) groups is 3. The molecule has 0 aliphatic carbocycles. The maximum Gasteiger partial charge on any atom is 0.362 e. The lowest BCUT2D eigenvalue weighted by Gasteiger charge is -2.31. The molecule has 8 heteroatoms. The Morgan fingerprint density at radius 2 is 1.00 bits per heavy atom. The molecule has 0 aliphatic heterocycles. The van der Waals surface area contributed by atoms with Crippen LogP contribution in [0.5, 0.6) is 0 Å². The molecule has 0 saturated carbocycles. The summed E-state index contributed by atoms with van der Waals surface area (Å²) in [5.74, 6) is -1.58. The van der Waals surface area contributed by atoms with Gasteiger partial charge in [0.25, 0.3) is 0 Å². The number of rotatable bonds is 41. The highest BCUT2D eigenvalue weighted by Crippen LogP contribution is 2.14. The number of unbranched alkanes of at least 4 members (excludes halogenated alkanes) is 17. The lowest BCUT2D eigenvalue weighted by Crippen LogP contribution is -2.50. The summed E-state index contributed by atoms with van der Waals surface area (Å²) < 4.78 is 17.2. The Labute approximate surface area is 356 Å². The monoisotopic (exact) mass is 815 g/mol. The van der Waals surface area contributed by atoms with Crippen LogP contribution in [0.4, 0.5) is 0 Å². The average molecular weight is 815 g/mol. The van der Waals surface area contributed by atoms with Crippen LogP contribution in [0.1, 0.15) is 187 Å². The van der Waals surface area contributed by atoms with Crippen LogP contribution >= 0.6 is 0 Å². The maximum atomic E-state index is 12.7. The SMILES string of the molecule is CC/C=C\C/C=C\C/C=C\C/C=C\CCC(=O)OC(COCCC(C(=O)O)[N+](C)(C)C)COC(=O)CCCCCCCCCCC/C=C\CCCCCCCCCC. The van der Waals surface area contributed by atoms with E-state index in [9.17, 15) is 19.5 Å². The highest BCUT2D eigenvalue weighted by atomic mass is 16.6. The zero-order valence-corrected chi connectivity index (χ0v) is 38.0. The number of likely N-dealkylation sites (N-methyl/N-ethyl adjacent to an activating group) is 1. The topological polar surface area (TPSA) is 99.1 Å². The molecule has 0 aromatic heterocycles. The molecule has 0 saturated heterocycles. The molecule has 8 nitrogen and oxygen atoms in total. The predicted octanol–water partition coefficient (Wildman–Crippen LogP) is 13.0. The van der Waals surface area contributed by atoms with Gasteiger partial charge in [-0.05, 0) is 64.2 Å². The quantitative estimate of drug-likeness (QED) is 0.0284. The van der Waals surface area contributed by atoms with Crippen molar-refractivity contribution in [3.63, 3.8) is 0 Å². The summed E-state index contributed by atoms with van der Waals surface area (Å²) in [5, 5.41) is 9.62. The summed E-state index contributed by atoms with van der Waals surface area (Å²) in [4.78, 5) is 37.0. The minimum absolute atomic E-state index is 0.0303. The summed E-state index contributed by atoms with van der Waals surface area (Å²) in [5.41, 5.74) is 0. The number of ether oxygens (including phenoxy) is 3. The number of allylic oxidation sites excluding steroid dienone is 10. The fourth-order valence-electron chi connectivity index (χ4n) is 6.57. The van der Waals surface area contributed by atoms with Crippen LogP contribution < -0.4 is 0 Å². The van der Waals surface area contributed by atoms with Crippen molar-refractivity contribution in [3.05, 3.63) is 60.8 Å². The van der Waals surface area contributed by atoms with Gasteiger partial charge in [0.05, 0.1) is 34.4 Å². The highest BCUT2D eigenvalue weighted by Gasteiger charge is 2.31. The molecule has 2 atom stereocenters. The van der Waals surface area contributed by atoms with E-state index in [1.165, 1.54) is 103 Å². The van der Waals surface area contributed by atoms with Crippen LogP contribution in [0.3, 0.4) is 0 Å². The Hall–Kier alpha value is -2.97. The number of carbonyl (C=O) groups excluding carboxylic acids is 2. The van der Waals surface area contributed by atoms with Crippen molar-refractivity contribution < 1.29 is 38.2 Å². The molecule has 0 aromatic carbocycles. The van der Waals surface area contributed by atoms with Crippen molar-refractivity contribution in [1.29, 1.82) is 0 Å². The molecule has 2 unspecified atom stereocenters. The Balaban J connectivity index is 4.31. The number of hydrogen-bond acceptors (Lipinski definition) is 6. The molecule has 0 amide bonds. The number of hydrogen-bond donors (Lipinski definition) is 1. The fraction of sp³-hybridized carbons (Fsp3) is 0.740. The van der Waals surface area contributed by atoms with Gasteiger partial charge in [0, 0.05) is 19.3 Å². The van der Waals surface area contributed by atoms with Gasteiger partial charge in [-0.2, -0.15) is 0 Å². The molecule has 0 aromatic rings. The van der Waals surface area contributed by atoms with Gasteiger partial charge in [0.15, 0.2) is 12.1 Å². The van der Waals surface area contributed by atoms with E-state index in [0.29, 0.717) is 19.3 Å². The minimum Gasteiger partial charge on any atom is -0.477 e. The third-order valence-corrected chi connectivity index (χ3v) is 10.2. The highest BCUT2D eigenvalue weighted by molar-refractivity contribution is 5.72. The van der Waals surface area contributed by atoms with Crippen molar-refractivity contribution in [2.24, 2.45) is 0 Å². The molecule has 0 fully saturated rings. The van der Waals surface area contributed by atoms with E-state index in [0.717, 1.165) is 44.9 Å². The van der Waals surface area contributed by atoms with Crippen LogP contribution in [-0.2, 0) is 28.6 Å². The van der Waals surface area contributed by atoms with Gasteiger partial charge in [0.1, 0.15) is 6.61 Å². The maximum absolute atomic E-state index is 12.7. The third kappa shape index (κ3) is 38.5. The van der Waals surface area contributed by atoms with E-state index in [-0.39, 0.29) is 42.7 Å². The van der Waals surface area contributed by atoms with Crippen molar-refractivity contribution in [3.8, 4) is 0 Å². The molecule has 58 heavy (non-hydrogen) atoms. The summed E-state index contributed by atoms with van der Waals surface area (Å²) >= 11 is 0. The van der Waals surface area contributed by atoms with Gasteiger partial charge < -0.3 is 23.8 Å². The number of quaternary nitrogens is 1. The van der Waals surface area contributed by atoms with Crippen molar-refractivity contribution in [1.82, 2.24) is 0 Å². The Morgan fingerprint density at radius 3 is 1.50 bits per heavy atom. The first-order valence-electron chi connectivity index (χ1n) is 23.3. The van der Waals surface area contributed by atoms with E-state index in [4.69, 9.17) is 14.2 Å². The van der Waals surface area contributed by atoms with Crippen LogP contribution in [0.25, 0.3) is 0 Å². The molecule has 1 N–H and O–H groups in total. The lowest BCUT2D eigenvalue weighted by atomic mass is 10.1. The zero-order chi connectivity index (χ0) is 42.8. The number of nitrogens with zero attached hydrogens (tertiary/aromatic N) is 1. The van der Waals surface area contributed by atoms with Gasteiger partial charge in [-0.1, -0.05) is 164 Å². The normalized spacial score (nSPS) is 13.5. The van der Waals surface area contributed by atoms with E-state index >= 15 is 0 Å². The first-order valence-corrected chi connectivity index (χ1v) is 23.3. The second-order valence-corrected chi connectivity index (χ2v) is 16.6. The summed E-state index contributed by atoms with van der Waals surface area (Å²) in [6.45, 7) is 4.54. The van der Waals surface area contributed by atoms with Crippen molar-refractivity contribution >= 4 is 17.9 Å². The molecule has 334 valence electrons. The second kappa shape index (κ2) is 40.8. The number of carboxylic acids is 1. The number of carboxylic acid groups (broad SMARTS) is 1. The van der Waals surface area contributed by atoms with Crippen LogP contribution in [-0.4, -0.2) is 80.6 Å². The van der Waals surface area contributed by atoms with Gasteiger partial charge in [-0.25, -0.2) is 4.79 Å². The molecule has 0 heterocycles. The van der Waals surface area contributed by atoms with Gasteiger partial charge >= 0.3 is 17.9 Å². The molecular weight excluding hydrogens is 727 g/mol. The average Bonchev–Trinajstić information content (AvgIpc) is 3.18. The molecule has 0 radical (unpaired) electrons. The van der Waals surface area contributed by atoms with E-state index in [1.54, 1.807) is 0 Å². The van der Waals surface area contributed by atoms with Crippen molar-refractivity contribution in [2.75, 3.05) is 41.0 Å². The van der Waals surface area contributed by atoms with Crippen LogP contribution in [0, 0.1) is 0 Å². The fourth-order valence-corrected chi connectivity index (χ4v) is 6.57. The molecule has 0 rings (SSSR count). The summed E-state index contributed by atoms with van der Waals surface area (Å²) in [7, 11) is 5.50. The molecule has 0 spiro atoms. The predicted molar refractivity (Wildman–Crippen MR) is 243 cm³/mol. The minimum atomic E-state index is -0.887. The second-order valence-electron chi connectivity index (χ2n) is 16.6. The van der Waals surface area contributed by atoms with E-state index in [2.05, 4.69) is 62.5 Å². The lowest BCUT2D eigenvalue weighted by molar-refractivity contribution is -0.887. The zero-order valence-electron chi connectivity index (χ0n) is 38.0. The Morgan fingerprint density at radius 1 is 0.534 bits per heavy atom. The Kier molecular flexibility index (Phi) is 38.7. The molecule has 0 aliphatic rings. The van der Waals surface area contributed by atoms with Gasteiger partial charge in [0.2, 0.25) is 0 Å². The van der Waals surface area contributed by atoms with Crippen LogP contribution in [0.15, 0.2) is 60.8 Å². The largest absolute Gasteiger partial charge is 0.477 e. The first-order chi connectivity index (χ1) is 28.1. The smallest absolute Gasteiger partial charge is 0.362 e. The van der Waals surface area contributed by atoms with Gasteiger partial charge in [-0.3, -0.25) is 9.59 Å². The van der Waals surface area contributed by atoms with Gasteiger partial charge in [-0.15, -0.1) is 0 Å². The molecule has 0 bridgehead atoms. The summed E-state index contributed by atoms with van der Waals surface area (Å²) in [6.07, 6.45) is 50.1. The number of esters is 2. The summed E-state index contributed by atoms with van der Waals surface area (Å²) in [6, 6.07) is -0.628. The molecular formula is C50H88NO7+. The van der Waals surface area contributed by atoms with E-state index < -0.39 is 18.1 Å². The first kappa shape index (κ1) is 55.0. The third-order valence-electron chi connectivity index (χ3n) is 10.2. The van der Waals surface area contributed by atoms with Crippen molar-refractivity contribution in [2.45, 2.75) is 199 Å². The Bertz CT molecular complexity index is 1130. The number of aliphatic carboxylic acids is 1. The standard InChI is InChI=1S/C50H87NO7/c1-6-8-10-12-14-16-18-20-21-22-23-24-25-26-27-29-30-32-34-36-38-40-48(52)57-45-46(44-56-43-42-47(50(54)55)51(3,4)5)58-49(53)41-39-37-35-33-31-28-19-17-15-13-11-9-7-2/h9,11,15,17,22-23,28,31,35,37,46-47H,6-8,10,12-14,16,18-21,24-27,29-30,32-34,36,38-45H2,1-5H3/p+1/b11-9-,17-15-,23-22-,31-28-,37-35-.